The topological polar surface area (TPSA) is 76.8 Å². The van der Waals surface area contributed by atoms with Crippen LogP contribution in [0, 0.1) is 5.92 Å². The SMILES string of the molecule is CCn1nc(NC(=O)[C@H]2CNC[C@@H]2c2cnn(C)c2)cc1C1CC1. The molecule has 4 rings (SSSR count). The second kappa shape index (κ2) is 6.05. The first-order valence-electron chi connectivity index (χ1n) is 8.73. The van der Waals surface area contributed by atoms with E-state index in [1.165, 1.54) is 18.5 Å². The van der Waals surface area contributed by atoms with Crippen LogP contribution in [0.2, 0.25) is 0 Å². The van der Waals surface area contributed by atoms with Gasteiger partial charge < -0.3 is 10.6 Å². The Morgan fingerprint density at radius 3 is 2.92 bits per heavy atom. The lowest BCUT2D eigenvalue weighted by Gasteiger charge is -2.16. The van der Waals surface area contributed by atoms with Gasteiger partial charge in [0.1, 0.15) is 0 Å². The molecule has 1 aliphatic carbocycles. The number of aryl methyl sites for hydroxylation is 2. The lowest BCUT2D eigenvalue weighted by molar-refractivity contribution is -0.119. The summed E-state index contributed by atoms with van der Waals surface area (Å²) in [5.74, 6) is 1.41. The fourth-order valence-corrected chi connectivity index (χ4v) is 3.61. The number of nitrogens with one attached hydrogen (secondary N) is 2. The van der Waals surface area contributed by atoms with Gasteiger partial charge in [0.2, 0.25) is 5.91 Å². The normalized spacial score (nSPS) is 23.6. The molecule has 2 atom stereocenters. The highest BCUT2D eigenvalue weighted by atomic mass is 16.2. The molecule has 2 aromatic rings. The Hall–Kier alpha value is -2.15. The van der Waals surface area contributed by atoms with Crippen LogP contribution in [0.1, 0.15) is 42.9 Å². The average molecular weight is 328 g/mol. The Kier molecular flexibility index (Phi) is 3.88. The summed E-state index contributed by atoms with van der Waals surface area (Å²) in [5, 5.41) is 15.1. The summed E-state index contributed by atoms with van der Waals surface area (Å²) in [6.07, 6.45) is 6.31. The quantitative estimate of drug-likeness (QED) is 0.871. The molecule has 2 aliphatic rings. The second-order valence-corrected chi connectivity index (χ2v) is 6.85. The number of amides is 1. The average Bonchev–Trinajstić information content (AvgIpc) is 2.99. The van der Waals surface area contributed by atoms with Gasteiger partial charge in [-0.2, -0.15) is 10.2 Å². The maximum Gasteiger partial charge on any atom is 0.230 e. The molecule has 2 N–H and O–H groups in total. The van der Waals surface area contributed by atoms with Crippen molar-refractivity contribution in [2.24, 2.45) is 13.0 Å². The number of carbonyl (C=O) groups excluding carboxylic acids is 1. The molecule has 2 fully saturated rings. The van der Waals surface area contributed by atoms with E-state index in [0.29, 0.717) is 18.3 Å². The van der Waals surface area contributed by atoms with E-state index in [9.17, 15) is 4.79 Å². The molecule has 3 heterocycles. The molecule has 0 unspecified atom stereocenters. The van der Waals surface area contributed by atoms with Gasteiger partial charge in [-0.05, 0) is 25.3 Å². The van der Waals surface area contributed by atoms with E-state index < -0.39 is 0 Å². The molecule has 1 aliphatic heterocycles. The number of hydrogen-bond acceptors (Lipinski definition) is 4. The fourth-order valence-electron chi connectivity index (χ4n) is 3.61. The number of carbonyl (C=O) groups is 1. The number of aromatic nitrogens is 4. The smallest absolute Gasteiger partial charge is 0.230 e. The number of hydrogen-bond donors (Lipinski definition) is 2. The number of nitrogens with zero attached hydrogens (tertiary/aromatic N) is 4. The van der Waals surface area contributed by atoms with Crippen LogP contribution in [0.15, 0.2) is 18.5 Å². The van der Waals surface area contributed by atoms with E-state index in [1.807, 2.05) is 30.2 Å². The molecule has 24 heavy (non-hydrogen) atoms. The first-order valence-corrected chi connectivity index (χ1v) is 8.73. The summed E-state index contributed by atoms with van der Waals surface area (Å²) in [7, 11) is 1.90. The first kappa shape index (κ1) is 15.4. The standard InChI is InChI=1S/C17H24N6O/c1-3-23-15(11-4-5-11)6-16(21-23)20-17(24)14-9-18-8-13(14)12-7-19-22(2)10-12/h6-7,10-11,13-14,18H,3-5,8-9H2,1-2H3,(H,20,21,24)/t13-,14+/m1/s1. The van der Waals surface area contributed by atoms with E-state index in [4.69, 9.17) is 0 Å². The van der Waals surface area contributed by atoms with Gasteiger partial charge in [-0.3, -0.25) is 14.2 Å². The monoisotopic (exact) mass is 328 g/mol. The van der Waals surface area contributed by atoms with Crippen molar-refractivity contribution in [3.8, 4) is 0 Å². The van der Waals surface area contributed by atoms with Crippen LogP contribution in [0.4, 0.5) is 5.82 Å². The molecule has 1 saturated heterocycles. The van der Waals surface area contributed by atoms with Gasteiger partial charge in [0.25, 0.3) is 0 Å². The molecular weight excluding hydrogens is 304 g/mol. The highest BCUT2D eigenvalue weighted by Gasteiger charge is 2.35. The van der Waals surface area contributed by atoms with E-state index in [2.05, 4.69) is 27.8 Å². The third-order valence-corrected chi connectivity index (χ3v) is 5.06. The van der Waals surface area contributed by atoms with Gasteiger partial charge in [-0.25, -0.2) is 0 Å². The van der Waals surface area contributed by atoms with Crippen LogP contribution in [0.3, 0.4) is 0 Å². The van der Waals surface area contributed by atoms with Gasteiger partial charge in [0.15, 0.2) is 5.82 Å². The first-order chi connectivity index (χ1) is 11.7. The Bertz CT molecular complexity index is 744. The second-order valence-electron chi connectivity index (χ2n) is 6.85. The maximum absolute atomic E-state index is 12.8. The van der Waals surface area contributed by atoms with Crippen LogP contribution in [-0.4, -0.2) is 38.6 Å². The molecule has 0 bridgehead atoms. The largest absolute Gasteiger partial charge is 0.315 e. The van der Waals surface area contributed by atoms with E-state index in [0.717, 1.165) is 18.7 Å². The van der Waals surface area contributed by atoms with Gasteiger partial charge in [0, 0.05) is 56.5 Å². The number of rotatable bonds is 5. The van der Waals surface area contributed by atoms with E-state index >= 15 is 0 Å². The van der Waals surface area contributed by atoms with Crippen molar-refractivity contribution in [3.05, 3.63) is 29.7 Å². The minimum absolute atomic E-state index is 0.0388. The van der Waals surface area contributed by atoms with Crippen molar-refractivity contribution < 1.29 is 4.79 Å². The molecule has 7 nitrogen and oxygen atoms in total. The van der Waals surface area contributed by atoms with E-state index in [1.54, 1.807) is 4.68 Å². The summed E-state index contributed by atoms with van der Waals surface area (Å²) in [6, 6.07) is 2.04. The molecule has 1 saturated carbocycles. The van der Waals surface area contributed by atoms with Crippen molar-refractivity contribution in [1.82, 2.24) is 24.9 Å². The van der Waals surface area contributed by atoms with Crippen LogP contribution in [0.25, 0.3) is 0 Å². The van der Waals surface area contributed by atoms with Gasteiger partial charge in [0.05, 0.1) is 12.1 Å². The molecule has 0 radical (unpaired) electrons. The zero-order valence-electron chi connectivity index (χ0n) is 14.2. The van der Waals surface area contributed by atoms with Crippen LogP contribution in [0.5, 0.6) is 0 Å². The third-order valence-electron chi connectivity index (χ3n) is 5.06. The summed E-state index contributed by atoms with van der Waals surface area (Å²) in [5.41, 5.74) is 2.36. The Labute approximate surface area is 141 Å². The Morgan fingerprint density at radius 1 is 1.42 bits per heavy atom. The van der Waals surface area contributed by atoms with Crippen molar-refractivity contribution in [2.45, 2.75) is 38.1 Å². The van der Waals surface area contributed by atoms with Crippen molar-refractivity contribution in [3.63, 3.8) is 0 Å². The Morgan fingerprint density at radius 2 is 2.25 bits per heavy atom. The third kappa shape index (κ3) is 2.84. The van der Waals surface area contributed by atoms with Crippen molar-refractivity contribution >= 4 is 11.7 Å². The van der Waals surface area contributed by atoms with Crippen molar-refractivity contribution in [2.75, 3.05) is 18.4 Å². The molecular formula is C17H24N6O. The predicted octanol–water partition coefficient (Wildman–Crippen LogP) is 1.46. The van der Waals surface area contributed by atoms with Crippen LogP contribution >= 0.6 is 0 Å². The van der Waals surface area contributed by atoms with Crippen LogP contribution < -0.4 is 10.6 Å². The zero-order valence-corrected chi connectivity index (χ0v) is 14.2. The van der Waals surface area contributed by atoms with Gasteiger partial charge in [-0.15, -0.1) is 0 Å². The maximum atomic E-state index is 12.8. The zero-order chi connectivity index (χ0) is 16.7. The highest BCUT2D eigenvalue weighted by Crippen LogP contribution is 2.41. The highest BCUT2D eigenvalue weighted by molar-refractivity contribution is 5.92. The lowest BCUT2D eigenvalue weighted by atomic mass is 9.90. The molecule has 2 aromatic heterocycles. The lowest BCUT2D eigenvalue weighted by Crippen LogP contribution is -2.28. The molecule has 0 spiro atoms. The molecule has 128 valence electrons. The minimum atomic E-state index is -0.0923. The molecule has 7 heteroatoms. The molecule has 1 amide bonds. The minimum Gasteiger partial charge on any atom is -0.315 e. The van der Waals surface area contributed by atoms with E-state index in [-0.39, 0.29) is 17.7 Å². The summed E-state index contributed by atoms with van der Waals surface area (Å²) < 4.78 is 3.80. The Balaban J connectivity index is 1.49. The van der Waals surface area contributed by atoms with Gasteiger partial charge in [-0.1, -0.05) is 0 Å². The van der Waals surface area contributed by atoms with Gasteiger partial charge >= 0.3 is 0 Å². The predicted molar refractivity (Wildman–Crippen MR) is 90.8 cm³/mol. The summed E-state index contributed by atoms with van der Waals surface area (Å²) in [4.78, 5) is 12.8. The summed E-state index contributed by atoms with van der Waals surface area (Å²) in [6.45, 7) is 4.42. The number of anilines is 1. The van der Waals surface area contributed by atoms with Crippen LogP contribution in [-0.2, 0) is 18.4 Å². The fraction of sp³-hybridized carbons (Fsp3) is 0.588. The molecule has 0 aromatic carbocycles. The summed E-state index contributed by atoms with van der Waals surface area (Å²) >= 11 is 0. The van der Waals surface area contributed by atoms with Crippen molar-refractivity contribution in [1.29, 1.82) is 0 Å².